The fraction of sp³-hybridized carbons (Fsp3) is 0.400. The summed E-state index contributed by atoms with van der Waals surface area (Å²) < 4.78 is 57.9. The van der Waals surface area contributed by atoms with Crippen molar-refractivity contribution in [1.29, 1.82) is 0 Å². The molecule has 2 aromatic rings. The lowest BCUT2D eigenvalue weighted by molar-refractivity contribution is -0.156. The monoisotopic (exact) mass is 361 g/mol. The van der Waals surface area contributed by atoms with Crippen LogP contribution in [0.4, 0.5) is 17.6 Å². The summed E-state index contributed by atoms with van der Waals surface area (Å²) in [6.45, 7) is -0.145. The molecule has 10 heteroatoms. The molecule has 0 saturated heterocycles. The van der Waals surface area contributed by atoms with Crippen LogP contribution in [0.15, 0.2) is 28.7 Å². The lowest BCUT2D eigenvalue weighted by Crippen LogP contribution is -2.16. The van der Waals surface area contributed by atoms with Crippen LogP contribution in [0.3, 0.4) is 0 Å². The molecule has 0 spiro atoms. The Kier molecular flexibility index (Phi) is 6.45. The van der Waals surface area contributed by atoms with E-state index in [0.29, 0.717) is 18.4 Å². The predicted molar refractivity (Wildman–Crippen MR) is 77.8 cm³/mol. The summed E-state index contributed by atoms with van der Waals surface area (Å²) in [5, 5.41) is 6.78. The zero-order valence-electron chi connectivity index (χ0n) is 12.9. The molecule has 0 amide bonds. The summed E-state index contributed by atoms with van der Waals surface area (Å²) in [6.07, 6.45) is -5.25. The van der Waals surface area contributed by atoms with Gasteiger partial charge in [0.15, 0.2) is 0 Å². The fourth-order valence-electron chi connectivity index (χ4n) is 2.02. The zero-order chi connectivity index (χ0) is 18.4. The van der Waals surface area contributed by atoms with E-state index in [9.17, 15) is 22.4 Å². The molecule has 1 aromatic carbocycles. The van der Waals surface area contributed by atoms with E-state index >= 15 is 0 Å². The number of carbonyl (C=O) groups is 1. The molecule has 0 radical (unpaired) electrons. The van der Waals surface area contributed by atoms with Gasteiger partial charge in [0.2, 0.25) is 5.89 Å². The summed E-state index contributed by atoms with van der Waals surface area (Å²) in [5.74, 6) is -2.34. The van der Waals surface area contributed by atoms with Crippen molar-refractivity contribution in [2.24, 2.45) is 5.73 Å². The van der Waals surface area contributed by atoms with Gasteiger partial charge in [-0.15, -0.1) is 10.2 Å². The number of esters is 1. The molecule has 0 aliphatic heterocycles. The third kappa shape index (κ3) is 5.24. The van der Waals surface area contributed by atoms with Crippen molar-refractivity contribution < 1.29 is 31.5 Å². The van der Waals surface area contributed by atoms with Gasteiger partial charge in [-0.25, -0.2) is 4.79 Å². The van der Waals surface area contributed by atoms with Crippen molar-refractivity contribution in [1.82, 2.24) is 10.2 Å². The molecule has 136 valence electrons. The highest BCUT2D eigenvalue weighted by Crippen LogP contribution is 2.25. The lowest BCUT2D eigenvalue weighted by Gasteiger charge is -2.12. The van der Waals surface area contributed by atoms with Gasteiger partial charge in [0.1, 0.15) is 0 Å². The van der Waals surface area contributed by atoms with Gasteiger partial charge in [0.05, 0.1) is 6.61 Å². The number of halogens is 4. The molecule has 0 bridgehead atoms. The Morgan fingerprint density at radius 2 is 1.84 bits per heavy atom. The number of rotatable bonds is 8. The number of hydrogen-bond donors (Lipinski definition) is 1. The maximum atomic E-state index is 12.4. The molecular weight excluding hydrogens is 346 g/mol. The highest BCUT2D eigenvalue weighted by Gasteiger charge is 2.18. The molecule has 1 unspecified atom stereocenters. The van der Waals surface area contributed by atoms with Gasteiger partial charge in [-0.05, 0) is 30.5 Å². The molecule has 2 rings (SSSR count). The topological polar surface area (TPSA) is 91.2 Å². The molecule has 2 N–H and O–H groups in total. The van der Waals surface area contributed by atoms with Crippen LogP contribution in [0.2, 0.25) is 0 Å². The van der Waals surface area contributed by atoms with Gasteiger partial charge < -0.3 is 14.9 Å². The van der Waals surface area contributed by atoms with E-state index in [1.165, 1.54) is 0 Å². The molecule has 1 heterocycles. The molecule has 0 saturated carbocycles. The van der Waals surface area contributed by atoms with E-state index in [1.54, 1.807) is 24.3 Å². The van der Waals surface area contributed by atoms with Crippen molar-refractivity contribution in [3.63, 3.8) is 0 Å². The first-order valence-corrected chi connectivity index (χ1v) is 7.30. The molecule has 1 aromatic heterocycles. The number of nitrogens with two attached hydrogens (primary N) is 1. The first-order valence-electron chi connectivity index (χ1n) is 7.30. The number of aromatic nitrogens is 2. The summed E-state index contributed by atoms with van der Waals surface area (Å²) in [7, 11) is 0. The Morgan fingerprint density at radius 1 is 1.16 bits per heavy atom. The van der Waals surface area contributed by atoms with Gasteiger partial charge >= 0.3 is 18.8 Å². The number of benzene rings is 1. The van der Waals surface area contributed by atoms with E-state index in [2.05, 4.69) is 14.9 Å². The second-order valence-corrected chi connectivity index (χ2v) is 5.09. The molecule has 0 aliphatic carbocycles. The second kappa shape index (κ2) is 8.56. The van der Waals surface area contributed by atoms with Crippen molar-refractivity contribution in [3.8, 4) is 11.5 Å². The van der Waals surface area contributed by atoms with Gasteiger partial charge in [-0.2, -0.15) is 17.6 Å². The average molecular weight is 361 g/mol. The Hall–Kier alpha value is -2.49. The van der Waals surface area contributed by atoms with Crippen LogP contribution >= 0.6 is 0 Å². The zero-order valence-corrected chi connectivity index (χ0v) is 12.9. The van der Waals surface area contributed by atoms with E-state index in [-0.39, 0.29) is 12.5 Å². The first kappa shape index (κ1) is 18.8. The van der Waals surface area contributed by atoms with Gasteiger partial charge in [0.25, 0.3) is 5.89 Å². The molecule has 25 heavy (non-hydrogen) atoms. The third-order valence-corrected chi connectivity index (χ3v) is 3.30. The SMILES string of the molecule is NC(CCCOC(=O)C(F)F)c1ccc(-c2nnc(C(F)F)o2)cc1. The Bertz CT molecular complexity index is 692. The second-order valence-electron chi connectivity index (χ2n) is 5.09. The fourth-order valence-corrected chi connectivity index (χ4v) is 2.02. The van der Waals surface area contributed by atoms with Crippen LogP contribution in [0.25, 0.3) is 11.5 Å². The van der Waals surface area contributed by atoms with Crippen LogP contribution in [-0.4, -0.2) is 29.2 Å². The first-order chi connectivity index (χ1) is 11.9. The van der Waals surface area contributed by atoms with Crippen LogP contribution in [-0.2, 0) is 9.53 Å². The van der Waals surface area contributed by atoms with Crippen molar-refractivity contribution in [3.05, 3.63) is 35.7 Å². The van der Waals surface area contributed by atoms with E-state index < -0.39 is 30.8 Å². The largest absolute Gasteiger partial charge is 0.461 e. The highest BCUT2D eigenvalue weighted by atomic mass is 19.3. The van der Waals surface area contributed by atoms with Gasteiger partial charge in [0, 0.05) is 11.6 Å². The Morgan fingerprint density at radius 3 is 2.40 bits per heavy atom. The molecule has 0 fully saturated rings. The van der Waals surface area contributed by atoms with Crippen molar-refractivity contribution in [2.75, 3.05) is 6.61 Å². The van der Waals surface area contributed by atoms with E-state index in [4.69, 9.17) is 10.2 Å². The van der Waals surface area contributed by atoms with Crippen LogP contribution < -0.4 is 5.73 Å². The predicted octanol–water partition coefficient (Wildman–Crippen LogP) is 3.26. The number of ether oxygens (including phenoxy) is 1. The van der Waals surface area contributed by atoms with Crippen LogP contribution in [0.5, 0.6) is 0 Å². The summed E-state index contributed by atoms with van der Waals surface area (Å²) in [4.78, 5) is 10.6. The molecular formula is C15H15F4N3O3. The summed E-state index contributed by atoms with van der Waals surface area (Å²) in [5.41, 5.74) is 7.16. The Balaban J connectivity index is 1.87. The Labute approximate surface area is 140 Å². The number of hydrogen-bond acceptors (Lipinski definition) is 6. The van der Waals surface area contributed by atoms with E-state index in [1.807, 2.05) is 0 Å². The number of carbonyl (C=O) groups excluding carboxylic acids is 1. The maximum absolute atomic E-state index is 12.4. The summed E-state index contributed by atoms with van der Waals surface area (Å²) in [6, 6.07) is 6.11. The standard InChI is InChI=1S/C15H15F4N3O3/c16-11(17)14-22-21-13(25-14)9-5-3-8(4-6-9)10(20)2-1-7-24-15(23)12(18)19/h3-6,10-12H,1-2,7,20H2. The normalized spacial score (nSPS) is 12.6. The van der Waals surface area contributed by atoms with Crippen molar-refractivity contribution in [2.45, 2.75) is 31.7 Å². The van der Waals surface area contributed by atoms with Crippen LogP contribution in [0.1, 0.15) is 36.8 Å². The van der Waals surface area contributed by atoms with Gasteiger partial charge in [-0.3, -0.25) is 0 Å². The minimum absolute atomic E-state index is 0.0330. The maximum Gasteiger partial charge on any atom is 0.373 e. The van der Waals surface area contributed by atoms with E-state index in [0.717, 1.165) is 5.56 Å². The third-order valence-electron chi connectivity index (χ3n) is 3.30. The minimum atomic E-state index is -3.14. The summed E-state index contributed by atoms with van der Waals surface area (Å²) >= 11 is 0. The minimum Gasteiger partial charge on any atom is -0.461 e. The molecule has 0 aliphatic rings. The highest BCUT2D eigenvalue weighted by molar-refractivity contribution is 5.72. The smallest absolute Gasteiger partial charge is 0.373 e. The molecule has 1 atom stereocenters. The van der Waals surface area contributed by atoms with Gasteiger partial charge in [-0.1, -0.05) is 12.1 Å². The average Bonchev–Trinajstić information content (AvgIpc) is 3.08. The number of nitrogens with zero attached hydrogens (tertiary/aromatic N) is 2. The van der Waals surface area contributed by atoms with Crippen LogP contribution in [0, 0.1) is 0 Å². The molecule has 6 nitrogen and oxygen atoms in total. The quantitative estimate of drug-likeness (QED) is 0.441. The number of alkyl halides is 4. The lowest BCUT2D eigenvalue weighted by atomic mass is 10.0. The van der Waals surface area contributed by atoms with Crippen molar-refractivity contribution >= 4 is 5.97 Å².